The zero-order valence-corrected chi connectivity index (χ0v) is 17.4. The lowest BCUT2D eigenvalue weighted by Gasteiger charge is -2.37. The Balaban J connectivity index is 1.25. The lowest BCUT2D eigenvalue weighted by atomic mass is 10.2. The first-order valence-corrected chi connectivity index (χ1v) is 11.4. The lowest BCUT2D eigenvalue weighted by molar-refractivity contribution is -0.142. The van der Waals surface area contributed by atoms with Crippen LogP contribution in [0, 0.1) is 5.92 Å². The van der Waals surface area contributed by atoms with E-state index in [2.05, 4.69) is 22.0 Å². The number of nitrogens with zero attached hydrogens (tertiary/aromatic N) is 4. The van der Waals surface area contributed by atoms with Crippen molar-refractivity contribution in [1.29, 1.82) is 0 Å². The normalized spacial score (nSPS) is 26.2. The van der Waals surface area contributed by atoms with Crippen molar-refractivity contribution >= 4 is 11.9 Å². The van der Waals surface area contributed by atoms with E-state index in [9.17, 15) is 4.79 Å². The maximum atomic E-state index is 12.5. The van der Waals surface area contributed by atoms with Crippen molar-refractivity contribution in [2.75, 3.05) is 59.0 Å². The zero-order valence-electron chi connectivity index (χ0n) is 17.4. The molecule has 2 saturated heterocycles. The van der Waals surface area contributed by atoms with E-state index in [1.54, 1.807) is 0 Å². The maximum Gasteiger partial charge on any atom is 0.251 e. The lowest BCUT2D eigenvalue weighted by Crippen LogP contribution is -2.55. The van der Waals surface area contributed by atoms with Crippen LogP contribution in [0.5, 0.6) is 0 Å². The molecular weight excluding hydrogens is 354 g/mol. The molecule has 0 aromatic rings. The van der Waals surface area contributed by atoms with Gasteiger partial charge in [-0.25, -0.2) is 0 Å². The highest BCUT2D eigenvalue weighted by atomic mass is 16.5. The van der Waals surface area contributed by atoms with Gasteiger partial charge in [-0.05, 0) is 51.4 Å². The smallest absolute Gasteiger partial charge is 0.251 e. The van der Waals surface area contributed by atoms with Crippen molar-refractivity contribution in [3.05, 3.63) is 0 Å². The van der Waals surface area contributed by atoms with E-state index in [0.717, 1.165) is 83.2 Å². The quantitative estimate of drug-likeness (QED) is 0.497. The third-order valence-electron chi connectivity index (χ3n) is 6.33. The molecule has 0 spiro atoms. The van der Waals surface area contributed by atoms with Crippen molar-refractivity contribution in [2.45, 2.75) is 57.6 Å². The van der Waals surface area contributed by atoms with Crippen LogP contribution in [-0.2, 0) is 9.53 Å². The monoisotopic (exact) mass is 391 g/mol. The third-order valence-corrected chi connectivity index (χ3v) is 6.33. The number of nitrogens with one attached hydrogen (secondary N) is 1. The Bertz CT molecular complexity index is 547. The number of hydrogen-bond donors (Lipinski definition) is 1. The summed E-state index contributed by atoms with van der Waals surface area (Å²) < 4.78 is 5.57. The Morgan fingerprint density at radius 1 is 1.11 bits per heavy atom. The molecule has 7 heteroatoms. The molecule has 4 rings (SSSR count). The fourth-order valence-corrected chi connectivity index (χ4v) is 4.32. The number of guanidine groups is 1. The molecule has 158 valence electrons. The van der Waals surface area contributed by atoms with Crippen LogP contribution in [0.25, 0.3) is 0 Å². The van der Waals surface area contributed by atoms with E-state index in [1.165, 1.54) is 32.2 Å². The summed E-state index contributed by atoms with van der Waals surface area (Å²) in [5.41, 5.74) is 0. The average molecular weight is 392 g/mol. The molecule has 4 fully saturated rings. The number of rotatable bonds is 8. The molecule has 2 aliphatic heterocycles. The minimum absolute atomic E-state index is 0.180. The Morgan fingerprint density at radius 2 is 1.86 bits per heavy atom. The number of aliphatic imine (C=N–C) groups is 1. The highest BCUT2D eigenvalue weighted by Crippen LogP contribution is 2.34. The first-order chi connectivity index (χ1) is 13.7. The largest absolute Gasteiger partial charge is 0.368 e. The molecule has 1 amide bonds. The predicted molar refractivity (Wildman–Crippen MR) is 110 cm³/mol. The van der Waals surface area contributed by atoms with Crippen molar-refractivity contribution in [3.8, 4) is 0 Å². The highest BCUT2D eigenvalue weighted by Gasteiger charge is 2.33. The molecule has 0 bridgehead atoms. The number of ether oxygens (including phenoxy) is 1. The van der Waals surface area contributed by atoms with Crippen molar-refractivity contribution in [1.82, 2.24) is 20.0 Å². The summed E-state index contributed by atoms with van der Waals surface area (Å²) in [6, 6.07) is 0.825. The second-order valence-corrected chi connectivity index (χ2v) is 8.72. The van der Waals surface area contributed by atoms with Gasteiger partial charge in [0.1, 0.15) is 6.10 Å². The van der Waals surface area contributed by atoms with E-state index >= 15 is 0 Å². The summed E-state index contributed by atoms with van der Waals surface area (Å²) in [7, 11) is 0. The SMILES string of the molecule is CCNC(=NCCN(CC1CC1)C1CC1)N1CCN(C(=O)C2CCCO2)CC1. The molecule has 1 atom stereocenters. The Labute approximate surface area is 169 Å². The summed E-state index contributed by atoms with van der Waals surface area (Å²) in [6.07, 6.45) is 7.27. The highest BCUT2D eigenvalue weighted by molar-refractivity contribution is 5.82. The molecule has 2 aliphatic carbocycles. The predicted octanol–water partition coefficient (Wildman–Crippen LogP) is 1.15. The number of piperazine rings is 1. The van der Waals surface area contributed by atoms with Crippen LogP contribution in [0.15, 0.2) is 4.99 Å². The summed E-state index contributed by atoms with van der Waals surface area (Å²) >= 11 is 0. The van der Waals surface area contributed by atoms with Gasteiger partial charge >= 0.3 is 0 Å². The third kappa shape index (κ3) is 5.38. The van der Waals surface area contributed by atoms with E-state index in [1.807, 2.05) is 4.90 Å². The summed E-state index contributed by atoms with van der Waals surface area (Å²) in [6.45, 7) is 10.2. The van der Waals surface area contributed by atoms with Crippen molar-refractivity contribution in [2.24, 2.45) is 10.9 Å². The number of carbonyl (C=O) groups excluding carboxylic acids is 1. The number of hydrogen-bond acceptors (Lipinski definition) is 4. The fourth-order valence-electron chi connectivity index (χ4n) is 4.32. The van der Waals surface area contributed by atoms with Crippen LogP contribution < -0.4 is 5.32 Å². The minimum atomic E-state index is -0.201. The van der Waals surface area contributed by atoms with Crippen LogP contribution >= 0.6 is 0 Å². The van der Waals surface area contributed by atoms with Crippen LogP contribution in [0.1, 0.15) is 45.4 Å². The molecule has 0 aromatic carbocycles. The molecule has 2 saturated carbocycles. The van der Waals surface area contributed by atoms with Gasteiger partial charge in [0.15, 0.2) is 5.96 Å². The van der Waals surface area contributed by atoms with Gasteiger partial charge in [-0.3, -0.25) is 14.7 Å². The van der Waals surface area contributed by atoms with Gasteiger partial charge in [0.2, 0.25) is 0 Å². The van der Waals surface area contributed by atoms with E-state index in [-0.39, 0.29) is 12.0 Å². The van der Waals surface area contributed by atoms with Crippen LogP contribution in [0.4, 0.5) is 0 Å². The van der Waals surface area contributed by atoms with E-state index < -0.39 is 0 Å². The average Bonchev–Trinajstić information content (AvgIpc) is 3.65. The van der Waals surface area contributed by atoms with Gasteiger partial charge in [-0.2, -0.15) is 0 Å². The van der Waals surface area contributed by atoms with Crippen molar-refractivity contribution < 1.29 is 9.53 Å². The van der Waals surface area contributed by atoms with Crippen LogP contribution in [-0.4, -0.2) is 97.7 Å². The first-order valence-electron chi connectivity index (χ1n) is 11.4. The second kappa shape index (κ2) is 9.44. The fraction of sp³-hybridized carbons (Fsp3) is 0.905. The number of carbonyl (C=O) groups is 1. The minimum Gasteiger partial charge on any atom is -0.368 e. The molecular formula is C21H37N5O2. The zero-order chi connectivity index (χ0) is 19.3. The van der Waals surface area contributed by atoms with E-state index in [0.29, 0.717) is 0 Å². The molecule has 1 unspecified atom stereocenters. The van der Waals surface area contributed by atoms with Crippen LogP contribution in [0.2, 0.25) is 0 Å². The Kier molecular flexibility index (Phi) is 6.73. The Hall–Kier alpha value is -1.34. The maximum absolute atomic E-state index is 12.5. The molecule has 0 radical (unpaired) electrons. The first kappa shape index (κ1) is 20.0. The van der Waals surface area contributed by atoms with Crippen LogP contribution in [0.3, 0.4) is 0 Å². The van der Waals surface area contributed by atoms with Gasteiger partial charge in [-0.1, -0.05) is 0 Å². The summed E-state index contributed by atoms with van der Waals surface area (Å²) in [5, 5.41) is 3.45. The number of amides is 1. The molecule has 4 aliphatic rings. The molecule has 28 heavy (non-hydrogen) atoms. The molecule has 7 nitrogen and oxygen atoms in total. The topological polar surface area (TPSA) is 60.4 Å². The van der Waals surface area contributed by atoms with Gasteiger partial charge in [0.05, 0.1) is 6.54 Å². The van der Waals surface area contributed by atoms with Gasteiger partial charge in [0, 0.05) is 58.5 Å². The molecule has 1 N–H and O–H groups in total. The van der Waals surface area contributed by atoms with Crippen molar-refractivity contribution in [3.63, 3.8) is 0 Å². The molecule has 2 heterocycles. The second-order valence-electron chi connectivity index (χ2n) is 8.72. The van der Waals surface area contributed by atoms with Gasteiger partial charge in [0.25, 0.3) is 5.91 Å². The van der Waals surface area contributed by atoms with Gasteiger partial charge < -0.3 is 19.9 Å². The standard InChI is InChI=1S/C21H37N5O2/c1-2-22-21(23-9-10-26(18-7-8-18)16-17-5-6-17)25-13-11-24(12-14-25)20(27)19-4-3-15-28-19/h17-19H,2-16H2,1H3,(H,22,23). The Morgan fingerprint density at radius 3 is 2.46 bits per heavy atom. The summed E-state index contributed by atoms with van der Waals surface area (Å²) in [4.78, 5) is 24.4. The van der Waals surface area contributed by atoms with E-state index in [4.69, 9.17) is 9.73 Å². The molecule has 0 aromatic heterocycles. The van der Waals surface area contributed by atoms with Gasteiger partial charge in [-0.15, -0.1) is 0 Å². The summed E-state index contributed by atoms with van der Waals surface area (Å²) in [5.74, 6) is 2.14.